The molecule has 0 bridgehead atoms. The lowest BCUT2D eigenvalue weighted by atomic mass is 9.52. The highest BCUT2D eigenvalue weighted by Crippen LogP contribution is 2.62. The van der Waals surface area contributed by atoms with Gasteiger partial charge in [0.25, 0.3) is 0 Å². The van der Waals surface area contributed by atoms with Crippen LogP contribution < -0.4 is 0 Å². The largest absolute Gasteiger partial charge is 0.508 e. The number of aliphatic hydroxyl groups is 1. The maximum atomic E-state index is 10.7. The summed E-state index contributed by atoms with van der Waals surface area (Å²) in [6.07, 6.45) is 10.8. The van der Waals surface area contributed by atoms with Crippen LogP contribution in [0.25, 0.3) is 0 Å². The van der Waals surface area contributed by atoms with Gasteiger partial charge in [-0.05, 0) is 90.9 Å². The first kappa shape index (κ1) is 17.4. The zero-order chi connectivity index (χ0) is 17.6. The number of unbranched alkanes of at least 4 members (excludes halogenated alkanes) is 2. The molecule has 25 heavy (non-hydrogen) atoms. The van der Waals surface area contributed by atoms with Gasteiger partial charge in [0.05, 0.1) is 6.10 Å². The Morgan fingerprint density at radius 2 is 2.00 bits per heavy atom. The van der Waals surface area contributed by atoms with Crippen LogP contribution in [-0.4, -0.2) is 16.3 Å². The highest BCUT2D eigenvalue weighted by Gasteiger charge is 2.56. The Labute approximate surface area is 152 Å². The lowest BCUT2D eigenvalue weighted by molar-refractivity contribution is -0.0396. The van der Waals surface area contributed by atoms with Crippen molar-refractivity contribution in [3.63, 3.8) is 0 Å². The van der Waals surface area contributed by atoms with Crippen molar-refractivity contribution in [2.24, 2.45) is 23.2 Å². The second-order valence-electron chi connectivity index (χ2n) is 9.27. The maximum absolute atomic E-state index is 10.7. The standard InChI is InChI=1S/C23H34O2/c1-3-4-5-6-15-13-16-14-17(24)7-8-18(16)19-11-12-23(2)20(22(15)19)9-10-21(23)25/h7-8,14-15,19-22,24-25H,3-6,9-13H2,1-2H3/t15?,19-,20+,21-,22-,23+/m1/s1. The van der Waals surface area contributed by atoms with E-state index in [1.54, 1.807) is 0 Å². The third kappa shape index (κ3) is 2.81. The molecule has 0 aliphatic heterocycles. The highest BCUT2D eigenvalue weighted by atomic mass is 16.3. The lowest BCUT2D eigenvalue weighted by Gasteiger charge is -2.53. The topological polar surface area (TPSA) is 40.5 Å². The van der Waals surface area contributed by atoms with E-state index in [1.807, 2.05) is 12.1 Å². The van der Waals surface area contributed by atoms with Crippen LogP contribution in [0.15, 0.2) is 18.2 Å². The molecule has 3 aliphatic rings. The normalized spacial score (nSPS) is 39.6. The first-order valence-corrected chi connectivity index (χ1v) is 10.5. The Balaban J connectivity index is 1.69. The summed E-state index contributed by atoms with van der Waals surface area (Å²) in [5, 5.41) is 20.7. The van der Waals surface area contributed by atoms with Crippen LogP contribution in [-0.2, 0) is 6.42 Å². The van der Waals surface area contributed by atoms with E-state index < -0.39 is 0 Å². The maximum Gasteiger partial charge on any atom is 0.115 e. The number of hydrogen-bond donors (Lipinski definition) is 2. The Bertz CT molecular complexity index is 625. The minimum Gasteiger partial charge on any atom is -0.508 e. The van der Waals surface area contributed by atoms with Gasteiger partial charge in [-0.25, -0.2) is 0 Å². The quantitative estimate of drug-likeness (QED) is 0.718. The summed E-state index contributed by atoms with van der Waals surface area (Å²) >= 11 is 0. The Kier molecular flexibility index (Phi) is 4.60. The molecule has 1 unspecified atom stereocenters. The minimum absolute atomic E-state index is 0.101. The molecule has 6 atom stereocenters. The first-order valence-electron chi connectivity index (χ1n) is 10.5. The SMILES string of the molecule is CCCCCC1Cc2cc(O)ccc2[C@H]2CC[C@]3(C)[C@H](O)CC[C@H]3[C@H]12. The van der Waals surface area contributed by atoms with Crippen LogP contribution in [0.2, 0.25) is 0 Å². The first-order chi connectivity index (χ1) is 12.0. The van der Waals surface area contributed by atoms with E-state index in [0.29, 0.717) is 17.6 Å². The van der Waals surface area contributed by atoms with E-state index in [2.05, 4.69) is 19.9 Å². The van der Waals surface area contributed by atoms with E-state index in [-0.39, 0.29) is 11.5 Å². The van der Waals surface area contributed by atoms with E-state index in [4.69, 9.17) is 0 Å². The van der Waals surface area contributed by atoms with E-state index in [1.165, 1.54) is 49.7 Å². The molecule has 2 fully saturated rings. The van der Waals surface area contributed by atoms with Crippen molar-refractivity contribution in [2.45, 2.75) is 83.7 Å². The van der Waals surface area contributed by atoms with Crippen molar-refractivity contribution < 1.29 is 10.2 Å². The summed E-state index contributed by atoms with van der Waals surface area (Å²) in [6, 6.07) is 6.10. The highest BCUT2D eigenvalue weighted by molar-refractivity contribution is 5.40. The summed E-state index contributed by atoms with van der Waals surface area (Å²) in [6.45, 7) is 4.64. The lowest BCUT2D eigenvalue weighted by Crippen LogP contribution is -2.47. The van der Waals surface area contributed by atoms with Crippen molar-refractivity contribution in [1.29, 1.82) is 0 Å². The summed E-state index contributed by atoms with van der Waals surface area (Å²) < 4.78 is 0. The Hall–Kier alpha value is -1.02. The molecule has 0 saturated heterocycles. The molecule has 2 nitrogen and oxygen atoms in total. The van der Waals surface area contributed by atoms with Gasteiger partial charge in [0.2, 0.25) is 0 Å². The van der Waals surface area contributed by atoms with Crippen LogP contribution in [0.3, 0.4) is 0 Å². The molecule has 1 aromatic rings. The fourth-order valence-electron chi connectivity index (χ4n) is 6.69. The molecule has 2 N–H and O–H groups in total. The van der Waals surface area contributed by atoms with Gasteiger partial charge in [0.1, 0.15) is 5.75 Å². The second-order valence-corrected chi connectivity index (χ2v) is 9.27. The van der Waals surface area contributed by atoms with Crippen molar-refractivity contribution in [3.8, 4) is 5.75 Å². The van der Waals surface area contributed by atoms with Crippen LogP contribution in [0.5, 0.6) is 5.75 Å². The molecule has 0 aromatic heterocycles. The van der Waals surface area contributed by atoms with Crippen LogP contribution in [0.1, 0.15) is 82.3 Å². The minimum atomic E-state index is -0.101. The number of fused-ring (bicyclic) bond motifs is 5. The number of aromatic hydroxyl groups is 1. The van der Waals surface area contributed by atoms with Gasteiger partial charge < -0.3 is 10.2 Å². The second kappa shape index (κ2) is 6.61. The Morgan fingerprint density at radius 3 is 2.80 bits per heavy atom. The van der Waals surface area contributed by atoms with Gasteiger partial charge >= 0.3 is 0 Å². The molecule has 4 rings (SSSR count). The van der Waals surface area contributed by atoms with Crippen molar-refractivity contribution in [2.75, 3.05) is 0 Å². The molecule has 138 valence electrons. The predicted molar refractivity (Wildman–Crippen MR) is 102 cm³/mol. The van der Waals surface area contributed by atoms with Gasteiger partial charge in [-0.2, -0.15) is 0 Å². The smallest absolute Gasteiger partial charge is 0.115 e. The molecule has 0 amide bonds. The van der Waals surface area contributed by atoms with E-state index in [0.717, 1.165) is 31.1 Å². The third-order valence-electron chi connectivity index (χ3n) is 8.01. The molecule has 0 spiro atoms. The van der Waals surface area contributed by atoms with Crippen molar-refractivity contribution >= 4 is 0 Å². The van der Waals surface area contributed by atoms with Gasteiger partial charge in [0.15, 0.2) is 0 Å². The van der Waals surface area contributed by atoms with Crippen molar-refractivity contribution in [3.05, 3.63) is 29.3 Å². The summed E-state index contributed by atoms with van der Waals surface area (Å²) in [7, 11) is 0. The number of hydrogen-bond acceptors (Lipinski definition) is 2. The number of benzene rings is 1. The molecule has 0 radical (unpaired) electrons. The zero-order valence-electron chi connectivity index (χ0n) is 15.9. The van der Waals surface area contributed by atoms with Crippen LogP contribution >= 0.6 is 0 Å². The van der Waals surface area contributed by atoms with Crippen molar-refractivity contribution in [1.82, 2.24) is 0 Å². The average Bonchev–Trinajstić information content (AvgIpc) is 2.90. The molecular weight excluding hydrogens is 308 g/mol. The molecule has 3 aliphatic carbocycles. The number of phenolic OH excluding ortho intramolecular Hbond substituents is 1. The molecule has 1 aromatic carbocycles. The van der Waals surface area contributed by atoms with E-state index in [9.17, 15) is 10.2 Å². The number of aliphatic hydroxyl groups excluding tert-OH is 1. The monoisotopic (exact) mass is 342 g/mol. The average molecular weight is 343 g/mol. The predicted octanol–water partition coefficient (Wildman–Crippen LogP) is 5.42. The fourth-order valence-corrected chi connectivity index (χ4v) is 6.69. The summed E-state index contributed by atoms with van der Waals surface area (Å²) in [5.74, 6) is 3.18. The molecule has 0 heterocycles. The van der Waals surface area contributed by atoms with Crippen LogP contribution in [0, 0.1) is 23.2 Å². The van der Waals surface area contributed by atoms with Gasteiger partial charge in [-0.15, -0.1) is 0 Å². The fraction of sp³-hybridized carbons (Fsp3) is 0.739. The number of rotatable bonds is 4. The molecular formula is C23H34O2. The molecule has 2 heteroatoms. The van der Waals surface area contributed by atoms with Crippen LogP contribution in [0.4, 0.5) is 0 Å². The van der Waals surface area contributed by atoms with Gasteiger partial charge in [-0.1, -0.05) is 39.2 Å². The van der Waals surface area contributed by atoms with Gasteiger partial charge in [0, 0.05) is 0 Å². The number of phenols is 1. The summed E-state index contributed by atoms with van der Waals surface area (Å²) in [5.41, 5.74) is 3.03. The summed E-state index contributed by atoms with van der Waals surface area (Å²) in [4.78, 5) is 0. The van der Waals surface area contributed by atoms with Gasteiger partial charge in [-0.3, -0.25) is 0 Å². The zero-order valence-corrected chi connectivity index (χ0v) is 15.9. The third-order valence-corrected chi connectivity index (χ3v) is 8.01. The Morgan fingerprint density at radius 1 is 1.16 bits per heavy atom. The van der Waals surface area contributed by atoms with E-state index >= 15 is 0 Å². The molecule has 2 saturated carbocycles.